The number of hydrogen-bond donors (Lipinski definition) is 2. The minimum atomic E-state index is -0.868. The standard InChI is InChI=1S/C14H19NO2S/c1-9-8-10(14(16)17)6-7-11(9)15-12-4-3-5-13(12)18-2/h6-8,12-13,15H,3-5H2,1-2H3,(H,16,17). The SMILES string of the molecule is CSC1CCCC1Nc1ccc(C(=O)O)cc1C. The zero-order chi connectivity index (χ0) is 13.1. The fraction of sp³-hybridized carbons (Fsp3) is 0.500. The van der Waals surface area contributed by atoms with Gasteiger partial charge in [0.15, 0.2) is 0 Å². The van der Waals surface area contributed by atoms with Gasteiger partial charge in [-0.15, -0.1) is 0 Å². The van der Waals surface area contributed by atoms with Crippen LogP contribution in [0.3, 0.4) is 0 Å². The molecule has 0 heterocycles. The molecule has 1 aromatic carbocycles. The molecule has 1 aliphatic carbocycles. The zero-order valence-corrected chi connectivity index (χ0v) is 11.6. The van der Waals surface area contributed by atoms with E-state index in [2.05, 4.69) is 11.6 Å². The van der Waals surface area contributed by atoms with Crippen molar-refractivity contribution in [2.24, 2.45) is 0 Å². The van der Waals surface area contributed by atoms with E-state index < -0.39 is 5.97 Å². The van der Waals surface area contributed by atoms with Gasteiger partial charge in [0.25, 0.3) is 0 Å². The highest BCUT2D eigenvalue weighted by Crippen LogP contribution is 2.31. The Morgan fingerprint density at radius 3 is 2.83 bits per heavy atom. The first-order chi connectivity index (χ1) is 8.61. The van der Waals surface area contributed by atoms with Gasteiger partial charge in [0.1, 0.15) is 0 Å². The largest absolute Gasteiger partial charge is 0.478 e. The summed E-state index contributed by atoms with van der Waals surface area (Å²) >= 11 is 1.92. The number of carbonyl (C=O) groups is 1. The molecule has 1 aliphatic rings. The summed E-state index contributed by atoms with van der Waals surface area (Å²) < 4.78 is 0. The lowest BCUT2D eigenvalue weighted by Gasteiger charge is -2.21. The lowest BCUT2D eigenvalue weighted by Crippen LogP contribution is -2.26. The van der Waals surface area contributed by atoms with E-state index in [1.54, 1.807) is 12.1 Å². The van der Waals surface area contributed by atoms with Gasteiger partial charge in [-0.05, 0) is 49.8 Å². The number of aromatic carboxylic acids is 1. The minimum absolute atomic E-state index is 0.353. The van der Waals surface area contributed by atoms with Crippen molar-refractivity contribution in [3.8, 4) is 0 Å². The molecule has 18 heavy (non-hydrogen) atoms. The van der Waals surface area contributed by atoms with Crippen LogP contribution in [0.5, 0.6) is 0 Å². The Bertz CT molecular complexity index is 447. The monoisotopic (exact) mass is 265 g/mol. The summed E-state index contributed by atoms with van der Waals surface area (Å²) in [5.74, 6) is -0.868. The molecule has 0 aromatic heterocycles. The summed E-state index contributed by atoms with van der Waals surface area (Å²) in [5.41, 5.74) is 2.42. The van der Waals surface area contributed by atoms with E-state index in [-0.39, 0.29) is 0 Å². The molecule has 3 nitrogen and oxygen atoms in total. The first-order valence-corrected chi connectivity index (χ1v) is 7.54. The molecule has 0 amide bonds. The third kappa shape index (κ3) is 2.80. The Labute approximate surface area is 112 Å². The number of nitrogens with one attached hydrogen (secondary N) is 1. The number of anilines is 1. The Morgan fingerprint density at radius 2 is 2.22 bits per heavy atom. The van der Waals surface area contributed by atoms with Crippen LogP contribution in [0.1, 0.15) is 35.2 Å². The second-order valence-corrected chi connectivity index (χ2v) is 5.87. The third-order valence-electron chi connectivity index (χ3n) is 3.57. The second-order valence-electron chi connectivity index (χ2n) is 4.79. The second kappa shape index (κ2) is 5.65. The molecule has 0 saturated heterocycles. The van der Waals surface area contributed by atoms with E-state index in [1.807, 2.05) is 24.8 Å². The topological polar surface area (TPSA) is 49.3 Å². The maximum Gasteiger partial charge on any atom is 0.335 e. The fourth-order valence-corrected chi connectivity index (χ4v) is 3.47. The summed E-state index contributed by atoms with van der Waals surface area (Å²) in [6, 6.07) is 5.79. The lowest BCUT2D eigenvalue weighted by atomic mass is 10.1. The Kier molecular flexibility index (Phi) is 4.17. The first-order valence-electron chi connectivity index (χ1n) is 6.25. The highest BCUT2D eigenvalue weighted by atomic mass is 32.2. The number of carboxylic acids is 1. The summed E-state index contributed by atoms with van der Waals surface area (Å²) in [4.78, 5) is 10.9. The van der Waals surface area contributed by atoms with Crippen LogP contribution in [0.4, 0.5) is 5.69 Å². The molecule has 2 N–H and O–H groups in total. The molecule has 2 unspecified atom stereocenters. The van der Waals surface area contributed by atoms with Gasteiger partial charge in [0, 0.05) is 17.0 Å². The van der Waals surface area contributed by atoms with Gasteiger partial charge in [-0.3, -0.25) is 0 Å². The van der Waals surface area contributed by atoms with Crippen molar-refractivity contribution in [3.63, 3.8) is 0 Å². The number of aryl methyl sites for hydroxylation is 1. The van der Waals surface area contributed by atoms with Crippen molar-refractivity contribution in [2.45, 2.75) is 37.5 Å². The van der Waals surface area contributed by atoms with Gasteiger partial charge in [-0.25, -0.2) is 4.79 Å². The summed E-state index contributed by atoms with van der Waals surface area (Å²) in [5, 5.41) is 13.2. The molecular formula is C14H19NO2S. The Morgan fingerprint density at radius 1 is 1.44 bits per heavy atom. The van der Waals surface area contributed by atoms with Gasteiger partial charge in [-0.1, -0.05) is 6.42 Å². The van der Waals surface area contributed by atoms with E-state index in [1.165, 1.54) is 19.3 Å². The van der Waals surface area contributed by atoms with Crippen LogP contribution in [0.15, 0.2) is 18.2 Å². The molecule has 2 atom stereocenters. The van der Waals surface area contributed by atoms with Crippen LogP contribution < -0.4 is 5.32 Å². The van der Waals surface area contributed by atoms with Crippen LogP contribution in [0.2, 0.25) is 0 Å². The van der Waals surface area contributed by atoms with Crippen molar-refractivity contribution in [1.29, 1.82) is 0 Å². The molecule has 0 radical (unpaired) electrons. The highest BCUT2D eigenvalue weighted by molar-refractivity contribution is 7.99. The van der Waals surface area contributed by atoms with E-state index >= 15 is 0 Å². The van der Waals surface area contributed by atoms with Crippen molar-refractivity contribution in [3.05, 3.63) is 29.3 Å². The molecule has 0 spiro atoms. The van der Waals surface area contributed by atoms with Gasteiger partial charge >= 0.3 is 5.97 Å². The first kappa shape index (κ1) is 13.3. The maximum absolute atomic E-state index is 10.9. The van der Waals surface area contributed by atoms with E-state index in [9.17, 15) is 4.79 Å². The van der Waals surface area contributed by atoms with Crippen LogP contribution in [0, 0.1) is 6.92 Å². The van der Waals surface area contributed by atoms with Crippen molar-refractivity contribution >= 4 is 23.4 Å². The van der Waals surface area contributed by atoms with Gasteiger partial charge < -0.3 is 10.4 Å². The number of carboxylic acid groups (broad SMARTS) is 1. The summed E-state index contributed by atoms with van der Waals surface area (Å²) in [6.45, 7) is 1.96. The normalized spacial score (nSPS) is 23.0. The molecular weight excluding hydrogens is 246 g/mol. The van der Waals surface area contributed by atoms with Gasteiger partial charge in [-0.2, -0.15) is 11.8 Å². The fourth-order valence-electron chi connectivity index (χ4n) is 2.53. The molecule has 1 aromatic rings. The number of rotatable bonds is 4. The van der Waals surface area contributed by atoms with Crippen molar-refractivity contribution in [1.82, 2.24) is 0 Å². The van der Waals surface area contributed by atoms with Crippen LogP contribution in [-0.4, -0.2) is 28.6 Å². The third-order valence-corrected chi connectivity index (χ3v) is 4.74. The van der Waals surface area contributed by atoms with Gasteiger partial charge in [0.05, 0.1) is 5.56 Å². The van der Waals surface area contributed by atoms with Crippen LogP contribution in [-0.2, 0) is 0 Å². The molecule has 1 fully saturated rings. The Balaban J connectivity index is 2.12. The molecule has 0 bridgehead atoms. The van der Waals surface area contributed by atoms with Crippen molar-refractivity contribution in [2.75, 3.05) is 11.6 Å². The predicted octanol–water partition coefficient (Wildman–Crippen LogP) is 3.39. The quantitative estimate of drug-likeness (QED) is 0.876. The van der Waals surface area contributed by atoms with E-state index in [4.69, 9.17) is 5.11 Å². The predicted molar refractivity (Wildman–Crippen MR) is 76.7 cm³/mol. The average molecular weight is 265 g/mol. The van der Waals surface area contributed by atoms with Crippen molar-refractivity contribution < 1.29 is 9.90 Å². The lowest BCUT2D eigenvalue weighted by molar-refractivity contribution is 0.0697. The number of thioether (sulfide) groups is 1. The molecule has 98 valence electrons. The Hall–Kier alpha value is -1.16. The maximum atomic E-state index is 10.9. The smallest absolute Gasteiger partial charge is 0.335 e. The molecule has 4 heteroatoms. The highest BCUT2D eigenvalue weighted by Gasteiger charge is 2.26. The average Bonchev–Trinajstić information content (AvgIpc) is 2.78. The molecule has 1 saturated carbocycles. The summed E-state index contributed by atoms with van der Waals surface area (Å²) in [6.07, 6.45) is 5.90. The van der Waals surface area contributed by atoms with Crippen LogP contribution >= 0.6 is 11.8 Å². The van der Waals surface area contributed by atoms with Gasteiger partial charge in [0.2, 0.25) is 0 Å². The number of benzene rings is 1. The molecule has 0 aliphatic heterocycles. The minimum Gasteiger partial charge on any atom is -0.478 e. The number of hydrogen-bond acceptors (Lipinski definition) is 3. The van der Waals surface area contributed by atoms with Crippen LogP contribution in [0.25, 0.3) is 0 Å². The molecule has 2 rings (SSSR count). The zero-order valence-electron chi connectivity index (χ0n) is 10.8. The summed E-state index contributed by atoms with van der Waals surface area (Å²) in [7, 11) is 0. The van der Waals surface area contributed by atoms with E-state index in [0.29, 0.717) is 16.9 Å². The van der Waals surface area contributed by atoms with E-state index in [0.717, 1.165) is 11.3 Å².